The third kappa shape index (κ3) is 2.55. The van der Waals surface area contributed by atoms with E-state index in [1.54, 1.807) is 6.07 Å². The van der Waals surface area contributed by atoms with Gasteiger partial charge in [-0.25, -0.2) is 0 Å². The molecule has 0 spiro atoms. The molecule has 5 rings (SSSR count). The number of hydrogen-bond acceptors (Lipinski definition) is 0. The molecule has 0 aromatic heterocycles. The number of rotatable bonds is 0. The second-order valence-corrected chi connectivity index (χ2v) is 10.5. The van der Waals surface area contributed by atoms with Gasteiger partial charge >= 0.3 is 0 Å². The SMILES string of the molecule is [B]c1cc([B])c2c(c1Cl)-c1c([B])c3c(c([B])c1C2(C)C)-c1c([B])c([B])c([B])c([B])c1C3(C)C. The summed E-state index contributed by atoms with van der Waals surface area (Å²) in [5.41, 5.74) is 8.05. The second kappa shape index (κ2) is 6.78. The first-order chi connectivity index (χ1) is 15.2. The summed E-state index contributed by atoms with van der Waals surface area (Å²) < 4.78 is 0. The van der Waals surface area contributed by atoms with Crippen LogP contribution in [-0.4, -0.2) is 62.8 Å². The lowest BCUT2D eigenvalue weighted by Crippen LogP contribution is -2.51. The molecule has 2 aliphatic carbocycles. The van der Waals surface area contributed by atoms with E-state index in [1.807, 2.05) is 27.7 Å². The molecule has 0 aliphatic heterocycles. The highest BCUT2D eigenvalue weighted by atomic mass is 35.5. The molecule has 9 heteroatoms. The van der Waals surface area contributed by atoms with Crippen LogP contribution >= 0.6 is 11.6 Å². The van der Waals surface area contributed by atoms with Crippen molar-refractivity contribution in [3.63, 3.8) is 0 Å². The van der Waals surface area contributed by atoms with E-state index >= 15 is 0 Å². The molecule has 0 bridgehead atoms. The van der Waals surface area contributed by atoms with E-state index in [9.17, 15) is 0 Å². The van der Waals surface area contributed by atoms with Gasteiger partial charge in [0, 0.05) is 21.4 Å². The molecule has 0 unspecified atom stereocenters. The highest BCUT2D eigenvalue weighted by Gasteiger charge is 2.46. The molecule has 0 saturated carbocycles. The summed E-state index contributed by atoms with van der Waals surface area (Å²) in [6, 6.07) is 1.68. The van der Waals surface area contributed by atoms with Crippen molar-refractivity contribution in [2.24, 2.45) is 0 Å². The van der Waals surface area contributed by atoms with Crippen LogP contribution in [0.2, 0.25) is 5.02 Å². The molecule has 16 radical (unpaired) electrons. The number of fused-ring (bicyclic) bond motifs is 6. The van der Waals surface area contributed by atoms with Crippen molar-refractivity contribution in [1.82, 2.24) is 0 Å². The molecule has 0 amide bonds. The van der Waals surface area contributed by atoms with Crippen LogP contribution in [0.1, 0.15) is 49.9 Å². The van der Waals surface area contributed by atoms with Crippen LogP contribution < -0.4 is 43.7 Å². The van der Waals surface area contributed by atoms with Gasteiger partial charge in [0.2, 0.25) is 0 Å². The largest absolute Gasteiger partial charge is 0.115 e. The zero-order valence-corrected chi connectivity index (χ0v) is 19.8. The van der Waals surface area contributed by atoms with Crippen LogP contribution in [0.25, 0.3) is 22.3 Å². The minimum absolute atomic E-state index is 0.232. The zero-order chi connectivity index (χ0) is 24.5. The van der Waals surface area contributed by atoms with Gasteiger partial charge in [-0.15, -0.1) is 10.9 Å². The van der Waals surface area contributed by atoms with Crippen molar-refractivity contribution in [2.75, 3.05) is 0 Å². The van der Waals surface area contributed by atoms with Gasteiger partial charge in [-0.1, -0.05) is 78.1 Å². The van der Waals surface area contributed by atoms with Gasteiger partial charge in [0.05, 0.1) is 0 Å². The fourth-order valence-electron chi connectivity index (χ4n) is 6.20. The van der Waals surface area contributed by atoms with Gasteiger partial charge in [-0.2, -0.15) is 0 Å². The summed E-state index contributed by atoms with van der Waals surface area (Å²) in [7, 11) is 52.0. The van der Waals surface area contributed by atoms with Crippen molar-refractivity contribution in [1.29, 1.82) is 0 Å². The van der Waals surface area contributed by atoms with Gasteiger partial charge in [-0.05, 0) is 38.9 Å². The fourth-order valence-corrected chi connectivity index (χ4v) is 6.45. The smallest absolute Gasteiger partial charge is 0.111 e. The average molecular weight is 423 g/mol. The molecule has 0 atom stereocenters. The maximum Gasteiger partial charge on any atom is 0.115 e. The Kier molecular flexibility index (Phi) is 4.77. The molecule has 0 fully saturated rings. The van der Waals surface area contributed by atoms with Crippen LogP contribution in [0.3, 0.4) is 0 Å². The molecule has 3 aromatic rings. The number of halogens is 1. The first kappa shape index (κ1) is 23.2. The number of hydrogen-bond donors (Lipinski definition) is 0. The summed E-state index contributed by atoms with van der Waals surface area (Å²) in [5.74, 6) is 0. The van der Waals surface area contributed by atoms with Crippen molar-refractivity contribution in [3.05, 3.63) is 33.3 Å². The molecule has 0 nitrogen and oxygen atoms in total. The Hall–Kier alpha value is -1.53. The quantitative estimate of drug-likeness (QED) is 0.346. The summed E-state index contributed by atoms with van der Waals surface area (Å²) in [6.45, 7) is 8.11. The highest BCUT2D eigenvalue weighted by Crippen LogP contribution is 2.53. The van der Waals surface area contributed by atoms with Gasteiger partial charge in [0.25, 0.3) is 0 Å². The van der Waals surface area contributed by atoms with Crippen molar-refractivity contribution < 1.29 is 0 Å². The summed E-state index contributed by atoms with van der Waals surface area (Å²) >= 11 is 6.74. The van der Waals surface area contributed by atoms with E-state index in [2.05, 4.69) is 0 Å². The molecule has 0 N–H and O–H groups in total. The van der Waals surface area contributed by atoms with E-state index in [-0.39, 0.29) is 10.9 Å². The van der Waals surface area contributed by atoms with Gasteiger partial charge in [0.1, 0.15) is 62.8 Å². The zero-order valence-electron chi connectivity index (χ0n) is 19.1. The molecule has 0 saturated heterocycles. The van der Waals surface area contributed by atoms with Gasteiger partial charge in [-0.3, -0.25) is 0 Å². The Morgan fingerprint density at radius 2 is 0.879 bits per heavy atom. The van der Waals surface area contributed by atoms with Crippen LogP contribution in [0.4, 0.5) is 0 Å². The Morgan fingerprint density at radius 3 is 1.42 bits per heavy atom. The first-order valence-corrected chi connectivity index (χ1v) is 11.0. The predicted octanol–water partition coefficient (Wildman–Crippen LogP) is -2.70. The maximum absolute atomic E-state index is 6.95. The predicted molar refractivity (Wildman–Crippen MR) is 150 cm³/mol. The molecule has 140 valence electrons. The fraction of sp³-hybridized carbons (Fsp3) is 0.250. The normalized spacial score (nSPS) is 16.3. The summed E-state index contributed by atoms with van der Waals surface area (Å²) in [5, 5.41) is 0.401. The lowest BCUT2D eigenvalue weighted by atomic mass is 9.61. The minimum atomic E-state index is -0.650. The van der Waals surface area contributed by atoms with Crippen LogP contribution in [0.5, 0.6) is 0 Å². The van der Waals surface area contributed by atoms with Crippen LogP contribution in [-0.2, 0) is 10.8 Å². The average Bonchev–Trinajstić information content (AvgIpc) is 3.12. The summed E-state index contributed by atoms with van der Waals surface area (Å²) in [4.78, 5) is 0. The summed E-state index contributed by atoms with van der Waals surface area (Å²) in [6.07, 6.45) is 0. The molecular formula is C24H13B8Cl. The van der Waals surface area contributed by atoms with Crippen LogP contribution in [0.15, 0.2) is 6.07 Å². The topological polar surface area (TPSA) is 0 Å². The molecule has 2 aliphatic rings. The third-order valence-electron chi connectivity index (χ3n) is 7.56. The second-order valence-electron chi connectivity index (χ2n) is 10.1. The minimum Gasteiger partial charge on any atom is -0.111 e. The Balaban J connectivity index is 2.04. The van der Waals surface area contributed by atoms with E-state index in [0.717, 1.165) is 33.4 Å². The lowest BCUT2D eigenvalue weighted by Gasteiger charge is -2.30. The maximum atomic E-state index is 6.95. The van der Waals surface area contributed by atoms with Gasteiger partial charge in [0.15, 0.2) is 0 Å². The van der Waals surface area contributed by atoms with E-state index in [0.29, 0.717) is 48.9 Å². The highest BCUT2D eigenvalue weighted by molar-refractivity contribution is 6.65. The standard InChI is InChI=1S/C24H13B8Cl/c1-23(2)12-6(25)5-7(26)22(33)11(12)10-14(23)16(27)8-9-15(24(3,4)13(8)17(10)28)19(30)21(32)20(31)18(9)29/h5H,1-4H3. The van der Waals surface area contributed by atoms with Crippen LogP contribution in [0, 0.1) is 0 Å². The molecule has 3 aromatic carbocycles. The Morgan fingerprint density at radius 1 is 0.485 bits per heavy atom. The Labute approximate surface area is 211 Å². The third-order valence-corrected chi connectivity index (χ3v) is 7.97. The monoisotopic (exact) mass is 424 g/mol. The number of benzene rings is 3. The molecule has 0 heterocycles. The molecular weight excluding hydrogens is 410 g/mol. The first-order valence-electron chi connectivity index (χ1n) is 10.6. The van der Waals surface area contributed by atoms with Crippen molar-refractivity contribution in [3.8, 4) is 22.3 Å². The van der Waals surface area contributed by atoms with E-state index < -0.39 is 10.8 Å². The molecule has 33 heavy (non-hydrogen) atoms. The Bertz CT molecular complexity index is 1450. The van der Waals surface area contributed by atoms with Crippen molar-refractivity contribution >= 4 is 118 Å². The van der Waals surface area contributed by atoms with E-state index in [4.69, 9.17) is 74.4 Å². The van der Waals surface area contributed by atoms with Gasteiger partial charge < -0.3 is 0 Å². The lowest BCUT2D eigenvalue weighted by molar-refractivity contribution is 0.662. The van der Waals surface area contributed by atoms with E-state index in [1.165, 1.54) is 0 Å². The van der Waals surface area contributed by atoms with Crippen molar-refractivity contribution in [2.45, 2.75) is 38.5 Å².